The Morgan fingerprint density at radius 3 is 2.14 bits per heavy atom. The lowest BCUT2D eigenvalue weighted by Crippen LogP contribution is -2.67. The minimum atomic E-state index is -2.71. The van der Waals surface area contributed by atoms with E-state index in [0.29, 0.717) is 6.61 Å². The van der Waals surface area contributed by atoms with Crippen molar-refractivity contribution in [1.82, 2.24) is 9.97 Å². The molecule has 0 saturated carbocycles. The van der Waals surface area contributed by atoms with Gasteiger partial charge < -0.3 is 23.8 Å². The number of rotatable bonds is 11. The van der Waals surface area contributed by atoms with Gasteiger partial charge >= 0.3 is 0 Å². The molecule has 5 aromatic rings. The number of ether oxygens (including phenoxy) is 2. The lowest BCUT2D eigenvalue weighted by Gasteiger charge is -2.44. The largest absolute Gasteiger partial charge is 0.407 e. The zero-order chi connectivity index (χ0) is 34.8. The molecule has 258 valence electrons. The fourth-order valence-corrected chi connectivity index (χ4v) is 12.4. The quantitative estimate of drug-likeness (QED) is 0.138. The molecular formula is C41H50BrN3O3Si. The molecule has 0 unspecified atom stereocenters. The van der Waals surface area contributed by atoms with Crippen LogP contribution in [0.1, 0.15) is 58.9 Å². The van der Waals surface area contributed by atoms with Crippen molar-refractivity contribution in [1.29, 1.82) is 0 Å². The van der Waals surface area contributed by atoms with Crippen molar-refractivity contribution < 1.29 is 13.9 Å². The second kappa shape index (κ2) is 14.5. The normalized spacial score (nSPS) is 15.1. The second-order valence-electron chi connectivity index (χ2n) is 15.1. The summed E-state index contributed by atoms with van der Waals surface area (Å²) in [4.78, 5) is 11.2. The first-order valence-electron chi connectivity index (χ1n) is 17.3. The molecule has 1 aliphatic heterocycles. The van der Waals surface area contributed by atoms with E-state index in [9.17, 15) is 0 Å². The molecule has 6 rings (SSSR count). The third kappa shape index (κ3) is 7.30. The van der Waals surface area contributed by atoms with E-state index in [1.165, 1.54) is 21.3 Å². The van der Waals surface area contributed by atoms with Crippen LogP contribution in [0, 0.1) is 5.41 Å². The molecule has 1 fully saturated rings. The maximum Gasteiger partial charge on any atom is 0.261 e. The Hall–Kier alpha value is -3.27. The third-order valence-corrected chi connectivity index (χ3v) is 15.4. The molecule has 6 nitrogen and oxygen atoms in total. The molecule has 0 spiro atoms. The van der Waals surface area contributed by atoms with Gasteiger partial charge in [-0.3, -0.25) is 4.98 Å². The van der Waals surface area contributed by atoms with Crippen LogP contribution >= 0.6 is 15.9 Å². The zero-order valence-electron chi connectivity index (χ0n) is 30.0. The number of anilines is 1. The van der Waals surface area contributed by atoms with Crippen LogP contribution in [0.3, 0.4) is 0 Å². The van der Waals surface area contributed by atoms with Gasteiger partial charge in [-0.2, -0.15) is 0 Å². The fraction of sp³-hybridized carbons (Fsp3) is 0.390. The number of morpholine rings is 1. The summed E-state index contributed by atoms with van der Waals surface area (Å²) < 4.78 is 20.1. The summed E-state index contributed by atoms with van der Waals surface area (Å²) in [5.41, 5.74) is 6.35. The highest BCUT2D eigenvalue weighted by molar-refractivity contribution is 9.10. The third-order valence-electron chi connectivity index (χ3n) is 9.91. The Bertz CT molecular complexity index is 1820. The van der Waals surface area contributed by atoms with Crippen LogP contribution < -0.4 is 15.3 Å². The van der Waals surface area contributed by atoms with E-state index in [2.05, 4.69) is 152 Å². The van der Waals surface area contributed by atoms with Crippen LogP contribution in [-0.2, 0) is 20.3 Å². The van der Waals surface area contributed by atoms with Gasteiger partial charge in [-0.25, -0.2) is 0 Å². The van der Waals surface area contributed by atoms with Gasteiger partial charge in [0.15, 0.2) is 0 Å². The predicted molar refractivity (Wildman–Crippen MR) is 209 cm³/mol. The van der Waals surface area contributed by atoms with Crippen LogP contribution in [0.4, 0.5) is 5.69 Å². The van der Waals surface area contributed by atoms with Crippen LogP contribution in [0.2, 0.25) is 5.04 Å². The first-order chi connectivity index (χ1) is 23.4. The second-order valence-corrected chi connectivity index (χ2v) is 20.3. The van der Waals surface area contributed by atoms with Gasteiger partial charge in [-0.05, 0) is 64.0 Å². The highest BCUT2D eigenvalue weighted by Gasteiger charge is 2.50. The minimum absolute atomic E-state index is 0.0978. The first-order valence-corrected chi connectivity index (χ1v) is 20.0. The Balaban J connectivity index is 1.44. The Labute approximate surface area is 301 Å². The maximum atomic E-state index is 7.51. The number of hydrogen-bond donors (Lipinski definition) is 1. The van der Waals surface area contributed by atoms with Crippen LogP contribution in [0.15, 0.2) is 95.6 Å². The predicted octanol–water partition coefficient (Wildman–Crippen LogP) is 8.68. The molecule has 3 aromatic carbocycles. The molecule has 0 radical (unpaired) electrons. The topological polar surface area (TPSA) is 59.6 Å². The molecular weight excluding hydrogens is 690 g/mol. The van der Waals surface area contributed by atoms with Crippen molar-refractivity contribution in [3.8, 4) is 11.3 Å². The van der Waals surface area contributed by atoms with Crippen molar-refractivity contribution in [2.75, 3.05) is 44.9 Å². The van der Waals surface area contributed by atoms with E-state index in [1.807, 2.05) is 6.20 Å². The first kappa shape index (κ1) is 35.5. The molecule has 0 aliphatic carbocycles. The van der Waals surface area contributed by atoms with Crippen molar-refractivity contribution in [2.45, 2.75) is 59.1 Å². The molecule has 49 heavy (non-hydrogen) atoms. The molecule has 3 heterocycles. The number of nitrogens with zero attached hydrogens (tertiary/aromatic N) is 2. The molecule has 1 N–H and O–H groups in total. The van der Waals surface area contributed by atoms with Gasteiger partial charge in [0.25, 0.3) is 8.32 Å². The van der Waals surface area contributed by atoms with Crippen LogP contribution in [-0.4, -0.2) is 58.3 Å². The Morgan fingerprint density at radius 1 is 0.918 bits per heavy atom. The van der Waals surface area contributed by atoms with Crippen molar-refractivity contribution >= 4 is 51.2 Å². The molecule has 8 heteroatoms. The smallest absolute Gasteiger partial charge is 0.261 e. The van der Waals surface area contributed by atoms with Gasteiger partial charge in [-0.15, -0.1) is 0 Å². The van der Waals surface area contributed by atoms with Crippen LogP contribution in [0.25, 0.3) is 22.2 Å². The van der Waals surface area contributed by atoms with Gasteiger partial charge in [0, 0.05) is 47.7 Å². The Morgan fingerprint density at radius 2 is 1.55 bits per heavy atom. The number of H-pyrrole nitrogens is 1. The lowest BCUT2D eigenvalue weighted by molar-refractivity contribution is 0.116. The molecule has 0 amide bonds. The number of halogens is 1. The average Bonchev–Trinajstić information content (AvgIpc) is 3.44. The number of benzene rings is 3. The van der Waals surface area contributed by atoms with Gasteiger partial charge in [0.05, 0.1) is 42.6 Å². The summed E-state index contributed by atoms with van der Waals surface area (Å²) in [6.45, 7) is 17.5. The maximum absolute atomic E-state index is 7.51. The summed E-state index contributed by atoms with van der Waals surface area (Å²) in [6, 6.07) is 30.6. The summed E-state index contributed by atoms with van der Waals surface area (Å²) in [5.74, 6) is 0. The summed E-state index contributed by atoms with van der Waals surface area (Å²) in [6.07, 6.45) is 2.62. The van der Waals surface area contributed by atoms with E-state index >= 15 is 0 Å². The number of nitrogens with one attached hydrogen (secondary N) is 1. The van der Waals surface area contributed by atoms with Gasteiger partial charge in [0.1, 0.15) is 0 Å². The van der Waals surface area contributed by atoms with E-state index in [1.54, 1.807) is 7.11 Å². The summed E-state index contributed by atoms with van der Waals surface area (Å²) in [7, 11) is -0.963. The summed E-state index contributed by atoms with van der Waals surface area (Å²) >= 11 is 3.77. The van der Waals surface area contributed by atoms with Gasteiger partial charge in [-0.1, -0.05) is 111 Å². The summed E-state index contributed by atoms with van der Waals surface area (Å²) in [5, 5.41) is 3.70. The molecule has 0 bridgehead atoms. The average molecular weight is 741 g/mol. The number of hydrogen-bond acceptors (Lipinski definition) is 5. The van der Waals surface area contributed by atoms with Gasteiger partial charge in [0.2, 0.25) is 0 Å². The van der Waals surface area contributed by atoms with E-state index in [-0.39, 0.29) is 16.6 Å². The molecule has 2 aromatic heterocycles. The van der Waals surface area contributed by atoms with E-state index in [4.69, 9.17) is 18.9 Å². The Kier molecular flexibility index (Phi) is 10.5. The van der Waals surface area contributed by atoms with Crippen molar-refractivity contribution in [3.63, 3.8) is 0 Å². The van der Waals surface area contributed by atoms with Crippen molar-refractivity contribution in [3.05, 3.63) is 107 Å². The fourth-order valence-electron chi connectivity index (χ4n) is 7.32. The van der Waals surface area contributed by atoms with Crippen LogP contribution in [0.5, 0.6) is 0 Å². The molecule has 1 atom stereocenters. The number of fused-ring (bicyclic) bond motifs is 1. The molecule has 1 saturated heterocycles. The minimum Gasteiger partial charge on any atom is -0.407 e. The molecule has 1 aliphatic rings. The monoisotopic (exact) mass is 739 g/mol. The standard InChI is InChI=1S/C41H50BrN3O3Si/c1-29(46-7)38-35(25-31(27-43-38)45-20-22-47-23-21-45)39-36(34-24-30(42)18-19-37(34)44-39)26-41(5,6)28-48-49(40(2,3)4,32-14-10-8-11-15-32)33-16-12-9-13-17-33/h8-19,24-25,27,29,44H,20-23,26,28H2,1-7H3/t29-/m0/s1. The number of aromatic nitrogens is 2. The number of aromatic amines is 1. The van der Waals surface area contributed by atoms with E-state index < -0.39 is 8.32 Å². The SMILES string of the molecule is CO[C@@H](C)c1ncc(N2CCOCC2)cc1-c1[nH]c2ccc(Br)cc2c1CC(C)(C)CO[Si](c1ccccc1)(c1ccccc1)C(C)(C)C. The van der Waals surface area contributed by atoms with E-state index in [0.717, 1.165) is 65.4 Å². The number of methoxy groups -OCH3 is 1. The highest BCUT2D eigenvalue weighted by atomic mass is 79.9. The van der Waals surface area contributed by atoms with Crippen molar-refractivity contribution in [2.24, 2.45) is 5.41 Å². The lowest BCUT2D eigenvalue weighted by atomic mass is 9.84. The number of pyridine rings is 1. The highest BCUT2D eigenvalue weighted by Crippen LogP contribution is 2.42. The zero-order valence-corrected chi connectivity index (χ0v) is 32.6.